The van der Waals surface area contributed by atoms with Crippen molar-refractivity contribution in [1.29, 1.82) is 0 Å². The van der Waals surface area contributed by atoms with E-state index in [1.54, 1.807) is 9.70 Å². The summed E-state index contributed by atoms with van der Waals surface area (Å²) in [5, 5.41) is 8.71. The van der Waals surface area contributed by atoms with Crippen LogP contribution in [0.1, 0.15) is 51.9 Å². The summed E-state index contributed by atoms with van der Waals surface area (Å²) in [5.74, 6) is 0. The number of hydrogen-bond acceptors (Lipinski definition) is 4. The Morgan fingerprint density at radius 2 is 2.05 bits per heavy atom. The third-order valence-corrected chi connectivity index (χ3v) is 3.84. The van der Waals surface area contributed by atoms with Crippen molar-refractivity contribution < 1.29 is 9.53 Å². The number of rotatable bonds is 1. The molecule has 0 aliphatic carbocycles. The van der Waals surface area contributed by atoms with Crippen LogP contribution in [0.15, 0.2) is 4.60 Å². The van der Waals surface area contributed by atoms with Gasteiger partial charge >= 0.3 is 6.09 Å². The smallest absolute Gasteiger partial charge is 0.412 e. The third-order valence-electron chi connectivity index (χ3n) is 3.11. The van der Waals surface area contributed by atoms with Gasteiger partial charge in [-0.15, -0.1) is 5.10 Å². The molecule has 1 saturated heterocycles. The Bertz CT molecular complexity index is 476. The molecule has 2 heterocycles. The minimum absolute atomic E-state index is 0.163. The van der Waals surface area contributed by atoms with Crippen molar-refractivity contribution in [2.24, 2.45) is 0 Å². The number of halogens is 1. The maximum absolute atomic E-state index is 12.3. The fourth-order valence-electron chi connectivity index (χ4n) is 2.20. The minimum atomic E-state index is -0.493. The zero-order valence-corrected chi connectivity index (χ0v) is 14.0. The van der Waals surface area contributed by atoms with Crippen LogP contribution in [0.4, 0.5) is 4.79 Å². The molecule has 6 nitrogen and oxygen atoms in total. The SMILES string of the molecule is Cc1nn(C2CCCCN2C(=O)OC(C)(C)C)nc1Br. The molecule has 0 spiro atoms. The lowest BCUT2D eigenvalue weighted by atomic mass is 10.1. The van der Waals surface area contributed by atoms with Crippen LogP contribution in [0.2, 0.25) is 0 Å². The van der Waals surface area contributed by atoms with Crippen LogP contribution >= 0.6 is 15.9 Å². The molecular formula is C13H21BrN4O2. The predicted octanol–water partition coefficient (Wildman–Crippen LogP) is 3.27. The van der Waals surface area contributed by atoms with E-state index in [9.17, 15) is 4.79 Å². The molecule has 0 N–H and O–H groups in total. The number of piperidine rings is 1. The molecule has 1 fully saturated rings. The van der Waals surface area contributed by atoms with Crippen LogP contribution < -0.4 is 0 Å². The van der Waals surface area contributed by atoms with Gasteiger partial charge in [-0.3, -0.25) is 4.90 Å². The van der Waals surface area contributed by atoms with E-state index in [0.29, 0.717) is 11.1 Å². The fourth-order valence-corrected chi connectivity index (χ4v) is 2.44. The van der Waals surface area contributed by atoms with E-state index in [0.717, 1.165) is 25.0 Å². The summed E-state index contributed by atoms with van der Waals surface area (Å²) in [4.78, 5) is 15.6. The van der Waals surface area contributed by atoms with E-state index in [1.807, 2.05) is 27.7 Å². The number of carbonyl (C=O) groups is 1. The molecule has 112 valence electrons. The molecule has 7 heteroatoms. The molecule has 1 unspecified atom stereocenters. The van der Waals surface area contributed by atoms with Crippen molar-refractivity contribution in [3.05, 3.63) is 10.3 Å². The van der Waals surface area contributed by atoms with Crippen molar-refractivity contribution in [1.82, 2.24) is 19.9 Å². The second kappa shape index (κ2) is 5.71. The molecule has 1 aromatic rings. The number of ether oxygens (including phenoxy) is 1. The highest BCUT2D eigenvalue weighted by Gasteiger charge is 2.33. The van der Waals surface area contributed by atoms with Gasteiger partial charge in [0.1, 0.15) is 11.8 Å². The van der Waals surface area contributed by atoms with Gasteiger partial charge in [-0.25, -0.2) is 4.79 Å². The molecule has 2 rings (SSSR count). The molecule has 0 saturated carbocycles. The van der Waals surface area contributed by atoms with Gasteiger partial charge in [-0.2, -0.15) is 9.90 Å². The lowest BCUT2D eigenvalue weighted by Crippen LogP contribution is -2.44. The summed E-state index contributed by atoms with van der Waals surface area (Å²) >= 11 is 3.36. The maximum atomic E-state index is 12.3. The Balaban J connectivity index is 2.19. The van der Waals surface area contributed by atoms with Crippen molar-refractivity contribution in [3.63, 3.8) is 0 Å². The second-order valence-corrected chi connectivity index (χ2v) is 6.80. The zero-order chi connectivity index (χ0) is 14.9. The summed E-state index contributed by atoms with van der Waals surface area (Å²) in [5.41, 5.74) is 0.326. The van der Waals surface area contributed by atoms with E-state index < -0.39 is 5.60 Å². The lowest BCUT2D eigenvalue weighted by molar-refractivity contribution is -0.00640. The Kier molecular flexibility index (Phi) is 4.36. The van der Waals surface area contributed by atoms with Gasteiger partial charge in [0.25, 0.3) is 0 Å². The Hall–Kier alpha value is -1.11. The molecule has 1 aliphatic heterocycles. The zero-order valence-electron chi connectivity index (χ0n) is 12.4. The summed E-state index contributed by atoms with van der Waals surface area (Å²) < 4.78 is 6.19. The van der Waals surface area contributed by atoms with Crippen molar-refractivity contribution >= 4 is 22.0 Å². The number of aryl methyl sites for hydroxylation is 1. The fraction of sp³-hybridized carbons (Fsp3) is 0.769. The minimum Gasteiger partial charge on any atom is -0.444 e. The quantitative estimate of drug-likeness (QED) is 0.784. The van der Waals surface area contributed by atoms with E-state index in [1.165, 1.54) is 0 Å². The van der Waals surface area contributed by atoms with Gasteiger partial charge in [0.05, 0.1) is 5.69 Å². The van der Waals surface area contributed by atoms with Gasteiger partial charge in [0.15, 0.2) is 4.60 Å². The lowest BCUT2D eigenvalue weighted by Gasteiger charge is -2.35. The summed E-state index contributed by atoms with van der Waals surface area (Å²) in [7, 11) is 0. The first-order valence-corrected chi connectivity index (χ1v) is 7.66. The Labute approximate surface area is 127 Å². The summed E-state index contributed by atoms with van der Waals surface area (Å²) in [6.45, 7) is 8.18. The second-order valence-electron chi connectivity index (χ2n) is 6.05. The molecule has 1 atom stereocenters. The normalized spacial score (nSPS) is 20.1. The van der Waals surface area contributed by atoms with Gasteiger partial charge in [0.2, 0.25) is 0 Å². The third kappa shape index (κ3) is 3.50. The highest BCUT2D eigenvalue weighted by molar-refractivity contribution is 9.10. The first-order chi connectivity index (χ1) is 9.28. The average molecular weight is 345 g/mol. The highest BCUT2D eigenvalue weighted by Crippen LogP contribution is 2.27. The largest absolute Gasteiger partial charge is 0.444 e. The average Bonchev–Trinajstić information content (AvgIpc) is 2.67. The van der Waals surface area contributed by atoms with E-state index in [2.05, 4.69) is 26.1 Å². The predicted molar refractivity (Wildman–Crippen MR) is 78.3 cm³/mol. The first kappa shape index (κ1) is 15.3. The number of carbonyl (C=O) groups excluding carboxylic acids is 1. The topological polar surface area (TPSA) is 60.2 Å². The van der Waals surface area contributed by atoms with Gasteiger partial charge in [-0.1, -0.05) is 0 Å². The molecule has 20 heavy (non-hydrogen) atoms. The number of aromatic nitrogens is 3. The Morgan fingerprint density at radius 3 is 2.60 bits per heavy atom. The van der Waals surface area contributed by atoms with Crippen LogP contribution in [0.5, 0.6) is 0 Å². The van der Waals surface area contributed by atoms with Crippen LogP contribution in [0.25, 0.3) is 0 Å². The van der Waals surface area contributed by atoms with Crippen molar-refractivity contribution in [2.75, 3.05) is 6.54 Å². The van der Waals surface area contributed by atoms with Crippen LogP contribution in [0.3, 0.4) is 0 Å². The maximum Gasteiger partial charge on any atom is 0.412 e. The van der Waals surface area contributed by atoms with E-state index in [4.69, 9.17) is 4.74 Å². The first-order valence-electron chi connectivity index (χ1n) is 6.86. The molecule has 1 aromatic heterocycles. The molecule has 0 aromatic carbocycles. The van der Waals surface area contributed by atoms with E-state index >= 15 is 0 Å². The van der Waals surface area contributed by atoms with Gasteiger partial charge < -0.3 is 4.74 Å². The number of hydrogen-bond donors (Lipinski definition) is 0. The molecule has 1 amide bonds. The molecule has 0 bridgehead atoms. The van der Waals surface area contributed by atoms with Crippen LogP contribution in [-0.4, -0.2) is 38.1 Å². The monoisotopic (exact) mass is 344 g/mol. The van der Waals surface area contributed by atoms with Crippen LogP contribution in [-0.2, 0) is 4.74 Å². The van der Waals surface area contributed by atoms with Gasteiger partial charge in [-0.05, 0) is 62.9 Å². The van der Waals surface area contributed by atoms with Gasteiger partial charge in [0, 0.05) is 6.54 Å². The number of likely N-dealkylation sites (tertiary alicyclic amines) is 1. The van der Waals surface area contributed by atoms with Crippen molar-refractivity contribution in [3.8, 4) is 0 Å². The molecule has 1 aliphatic rings. The van der Waals surface area contributed by atoms with E-state index in [-0.39, 0.29) is 12.3 Å². The number of amides is 1. The van der Waals surface area contributed by atoms with Crippen molar-refractivity contribution in [2.45, 2.75) is 58.7 Å². The van der Waals surface area contributed by atoms with Crippen LogP contribution in [0, 0.1) is 6.92 Å². The summed E-state index contributed by atoms with van der Waals surface area (Å²) in [6, 6.07) is 0. The molecule has 0 radical (unpaired) electrons. The number of nitrogens with zero attached hydrogens (tertiary/aromatic N) is 4. The summed E-state index contributed by atoms with van der Waals surface area (Å²) in [6.07, 6.45) is 2.43. The Morgan fingerprint density at radius 1 is 1.35 bits per heavy atom. The highest BCUT2D eigenvalue weighted by atomic mass is 79.9. The molecular weight excluding hydrogens is 324 g/mol. The standard InChI is InChI=1S/C13H21BrN4O2/c1-9-11(14)16-18(15-9)10-7-5-6-8-17(10)12(19)20-13(2,3)4/h10H,5-8H2,1-4H3.